The van der Waals surface area contributed by atoms with Crippen LogP contribution in [0.25, 0.3) is 0 Å². The first-order valence-corrected chi connectivity index (χ1v) is 9.75. The Kier molecular flexibility index (Phi) is 6.25. The third-order valence-electron chi connectivity index (χ3n) is 3.87. The van der Waals surface area contributed by atoms with Crippen LogP contribution in [-0.4, -0.2) is 27.6 Å². The first-order valence-electron chi connectivity index (χ1n) is 8.07. The Hall–Kier alpha value is -2.38. The van der Waals surface area contributed by atoms with Gasteiger partial charge in [0.25, 0.3) is 0 Å². The summed E-state index contributed by atoms with van der Waals surface area (Å²) in [7, 11) is 0. The Morgan fingerprint density at radius 3 is 2.65 bits per heavy atom. The predicted octanol–water partition coefficient (Wildman–Crippen LogP) is 4.89. The summed E-state index contributed by atoms with van der Waals surface area (Å²) in [6.07, 6.45) is 2.37. The number of hydrogen-bond acceptors (Lipinski definition) is 4. The molecule has 0 aliphatic carbocycles. The van der Waals surface area contributed by atoms with Crippen LogP contribution in [0.5, 0.6) is 5.75 Å². The lowest BCUT2D eigenvalue weighted by Gasteiger charge is -2.23. The second-order valence-corrected chi connectivity index (χ2v) is 7.47. The number of benzene rings is 2. The van der Waals surface area contributed by atoms with Gasteiger partial charge in [0.05, 0.1) is 11.7 Å². The smallest absolute Gasteiger partial charge is 0.322 e. The molecule has 0 fully saturated rings. The van der Waals surface area contributed by atoms with Crippen molar-refractivity contribution in [2.45, 2.75) is 13.0 Å². The minimum Gasteiger partial charge on any atom is -0.508 e. The number of anilines is 1. The van der Waals surface area contributed by atoms with Gasteiger partial charge < -0.3 is 10.0 Å². The molecule has 0 radical (unpaired) electrons. The number of urea groups is 1. The van der Waals surface area contributed by atoms with Crippen molar-refractivity contribution in [3.05, 3.63) is 75.8 Å². The maximum atomic E-state index is 12.7. The summed E-state index contributed by atoms with van der Waals surface area (Å²) in [5, 5.41) is 13.1. The van der Waals surface area contributed by atoms with E-state index in [4.69, 9.17) is 0 Å². The highest BCUT2D eigenvalue weighted by Gasteiger charge is 2.15. The zero-order chi connectivity index (χ0) is 18.4. The lowest BCUT2D eigenvalue weighted by atomic mass is 10.1. The van der Waals surface area contributed by atoms with Crippen molar-refractivity contribution in [2.24, 2.45) is 0 Å². The van der Waals surface area contributed by atoms with Crippen molar-refractivity contribution in [3.63, 3.8) is 0 Å². The van der Waals surface area contributed by atoms with Crippen molar-refractivity contribution in [3.8, 4) is 5.75 Å². The fourth-order valence-corrected chi connectivity index (χ4v) is 3.48. The van der Waals surface area contributed by atoms with Crippen LogP contribution in [0.1, 0.15) is 11.1 Å². The number of nitrogens with one attached hydrogen (secondary N) is 1. The van der Waals surface area contributed by atoms with E-state index in [-0.39, 0.29) is 11.8 Å². The van der Waals surface area contributed by atoms with E-state index in [1.165, 1.54) is 11.3 Å². The highest BCUT2D eigenvalue weighted by Crippen LogP contribution is 2.19. The van der Waals surface area contributed by atoms with Crippen molar-refractivity contribution in [1.29, 1.82) is 0 Å². The van der Waals surface area contributed by atoms with Crippen LogP contribution < -0.4 is 5.32 Å². The minimum atomic E-state index is -0.172. The van der Waals surface area contributed by atoms with E-state index in [0.717, 1.165) is 22.0 Å². The molecule has 2 aromatic carbocycles. The van der Waals surface area contributed by atoms with Gasteiger partial charge in [0.1, 0.15) is 10.8 Å². The van der Waals surface area contributed by atoms with E-state index in [0.29, 0.717) is 18.1 Å². The van der Waals surface area contributed by atoms with Gasteiger partial charge in [-0.3, -0.25) is 10.3 Å². The molecule has 0 bridgehead atoms. The number of phenolic OH excluding ortho intramolecular Hbond substituents is 1. The largest absolute Gasteiger partial charge is 0.508 e. The van der Waals surface area contributed by atoms with Crippen LogP contribution in [0.2, 0.25) is 0 Å². The Labute approximate surface area is 164 Å². The van der Waals surface area contributed by atoms with Gasteiger partial charge >= 0.3 is 6.03 Å². The number of thiazole rings is 1. The molecule has 7 heteroatoms. The zero-order valence-corrected chi connectivity index (χ0v) is 16.3. The molecule has 0 atom stereocenters. The van der Waals surface area contributed by atoms with E-state index in [1.54, 1.807) is 28.7 Å². The van der Waals surface area contributed by atoms with E-state index in [1.807, 2.05) is 36.4 Å². The number of carbonyl (C=O) groups is 1. The van der Waals surface area contributed by atoms with Crippen LogP contribution >= 0.6 is 27.3 Å². The predicted molar refractivity (Wildman–Crippen MR) is 107 cm³/mol. The monoisotopic (exact) mass is 431 g/mol. The van der Waals surface area contributed by atoms with Gasteiger partial charge in [-0.1, -0.05) is 46.3 Å². The van der Waals surface area contributed by atoms with Gasteiger partial charge in [0, 0.05) is 17.6 Å². The van der Waals surface area contributed by atoms with Gasteiger partial charge in [0.15, 0.2) is 0 Å². The van der Waals surface area contributed by atoms with Crippen LogP contribution in [0.4, 0.5) is 9.80 Å². The fourth-order valence-electron chi connectivity index (χ4n) is 2.49. The number of aromatic nitrogens is 1. The normalized spacial score (nSPS) is 10.5. The molecule has 2 N–H and O–H groups in total. The highest BCUT2D eigenvalue weighted by molar-refractivity contribution is 9.10. The minimum absolute atomic E-state index is 0.172. The summed E-state index contributed by atoms with van der Waals surface area (Å²) in [4.78, 5) is 18.5. The Morgan fingerprint density at radius 2 is 1.96 bits per heavy atom. The summed E-state index contributed by atoms with van der Waals surface area (Å²) in [5.74, 6) is 0.211. The average molecular weight is 432 g/mol. The number of aromatic hydroxyl groups is 1. The quantitative estimate of drug-likeness (QED) is 0.583. The maximum absolute atomic E-state index is 12.7. The molecule has 0 spiro atoms. The third kappa shape index (κ3) is 5.06. The molecule has 0 aliphatic heterocycles. The van der Waals surface area contributed by atoms with Crippen molar-refractivity contribution >= 4 is 38.3 Å². The highest BCUT2D eigenvalue weighted by atomic mass is 79.9. The third-order valence-corrected chi connectivity index (χ3v) is 5.33. The van der Waals surface area contributed by atoms with Crippen molar-refractivity contribution < 1.29 is 9.90 Å². The van der Waals surface area contributed by atoms with E-state index < -0.39 is 0 Å². The summed E-state index contributed by atoms with van der Waals surface area (Å²) >= 11 is 4.94. The maximum Gasteiger partial charge on any atom is 0.322 e. The van der Waals surface area contributed by atoms with Gasteiger partial charge in [0.2, 0.25) is 0 Å². The molecular weight excluding hydrogens is 414 g/mol. The SMILES string of the molecule is O=C(Nc1cncs1)N(CCc1ccccc1Br)Cc1ccc(O)cc1. The lowest BCUT2D eigenvalue weighted by Crippen LogP contribution is -2.36. The van der Waals surface area contributed by atoms with Crippen LogP contribution in [0.3, 0.4) is 0 Å². The lowest BCUT2D eigenvalue weighted by molar-refractivity contribution is 0.210. The van der Waals surface area contributed by atoms with Crippen molar-refractivity contribution in [2.75, 3.05) is 11.9 Å². The second-order valence-electron chi connectivity index (χ2n) is 5.73. The van der Waals surface area contributed by atoms with E-state index >= 15 is 0 Å². The second kappa shape index (κ2) is 8.82. The average Bonchev–Trinajstić information content (AvgIpc) is 3.14. The van der Waals surface area contributed by atoms with Crippen LogP contribution in [0, 0.1) is 0 Å². The molecule has 26 heavy (non-hydrogen) atoms. The molecule has 0 saturated carbocycles. The number of rotatable bonds is 6. The number of carbonyl (C=O) groups excluding carboxylic acids is 1. The van der Waals surface area contributed by atoms with Gasteiger partial charge in [-0.25, -0.2) is 4.79 Å². The first-order chi connectivity index (χ1) is 12.6. The molecule has 1 heterocycles. The Morgan fingerprint density at radius 1 is 1.19 bits per heavy atom. The van der Waals surface area contributed by atoms with Gasteiger partial charge in [-0.2, -0.15) is 0 Å². The molecule has 1 aromatic heterocycles. The first kappa shape index (κ1) is 18.4. The molecule has 0 unspecified atom stereocenters. The summed E-state index contributed by atoms with van der Waals surface area (Å²) in [6.45, 7) is 1.02. The Balaban J connectivity index is 1.72. The number of nitrogens with zero attached hydrogens (tertiary/aromatic N) is 2. The molecule has 5 nitrogen and oxygen atoms in total. The van der Waals surface area contributed by atoms with Gasteiger partial charge in [-0.05, 0) is 35.7 Å². The molecule has 134 valence electrons. The topological polar surface area (TPSA) is 65.5 Å². The number of hydrogen-bond donors (Lipinski definition) is 2. The molecule has 0 aliphatic rings. The van der Waals surface area contributed by atoms with Gasteiger partial charge in [-0.15, -0.1) is 11.3 Å². The van der Waals surface area contributed by atoms with E-state index in [2.05, 4.69) is 26.2 Å². The number of phenols is 1. The molecule has 2 amide bonds. The molecule has 0 saturated heterocycles. The van der Waals surface area contributed by atoms with Crippen LogP contribution in [0.15, 0.2) is 64.7 Å². The summed E-state index contributed by atoms with van der Waals surface area (Å²) < 4.78 is 1.03. The standard InChI is InChI=1S/C19H18BrN3O2S/c20-17-4-2-1-3-15(17)9-10-23(12-14-5-7-16(24)8-6-14)19(25)22-18-11-21-13-26-18/h1-8,11,13,24H,9-10,12H2,(H,22,25). The number of halogens is 1. The molecule has 3 aromatic rings. The Bertz CT molecular complexity index is 853. The summed E-state index contributed by atoms with van der Waals surface area (Å²) in [5.41, 5.74) is 3.78. The van der Waals surface area contributed by atoms with Crippen molar-refractivity contribution in [1.82, 2.24) is 9.88 Å². The fraction of sp³-hybridized carbons (Fsp3) is 0.158. The van der Waals surface area contributed by atoms with E-state index in [9.17, 15) is 9.90 Å². The number of amides is 2. The molecular formula is C19H18BrN3O2S. The summed E-state index contributed by atoms with van der Waals surface area (Å²) in [6, 6.07) is 14.7. The zero-order valence-electron chi connectivity index (χ0n) is 13.9. The molecule has 3 rings (SSSR count). The van der Waals surface area contributed by atoms with Crippen LogP contribution in [-0.2, 0) is 13.0 Å².